The topological polar surface area (TPSA) is 59.8 Å². The summed E-state index contributed by atoms with van der Waals surface area (Å²) in [5.41, 5.74) is 2.33. The monoisotopic (exact) mass is 376 g/mol. The van der Waals surface area contributed by atoms with Gasteiger partial charge in [-0.3, -0.25) is 9.36 Å². The maximum absolute atomic E-state index is 13.1. The highest BCUT2D eigenvalue weighted by Crippen LogP contribution is 2.28. The molecule has 1 aromatic heterocycles. The van der Waals surface area contributed by atoms with Crippen molar-refractivity contribution in [2.24, 2.45) is 0 Å². The van der Waals surface area contributed by atoms with E-state index in [1.165, 1.54) is 30.8 Å². The molecule has 0 bridgehead atoms. The second-order valence-electron chi connectivity index (χ2n) is 5.24. The molecule has 0 radical (unpaired) electrons. The Labute approximate surface area is 153 Å². The van der Waals surface area contributed by atoms with Crippen LogP contribution in [0.3, 0.4) is 0 Å². The number of nitrogens with zero attached hydrogens (tertiary/aromatic N) is 3. The number of aromatic nitrogens is 3. The highest BCUT2D eigenvalue weighted by molar-refractivity contribution is 7.98. The number of amides is 1. The van der Waals surface area contributed by atoms with Gasteiger partial charge in [0.05, 0.1) is 5.69 Å². The van der Waals surface area contributed by atoms with E-state index in [2.05, 4.69) is 15.5 Å². The van der Waals surface area contributed by atoms with Gasteiger partial charge in [0, 0.05) is 23.4 Å². The zero-order chi connectivity index (χ0) is 17.8. The summed E-state index contributed by atoms with van der Waals surface area (Å²) in [5, 5.41) is 11.9. The van der Waals surface area contributed by atoms with Gasteiger partial charge < -0.3 is 5.32 Å². The van der Waals surface area contributed by atoms with Gasteiger partial charge in [0.1, 0.15) is 12.1 Å². The number of halogens is 2. The van der Waals surface area contributed by atoms with Crippen LogP contribution in [-0.2, 0) is 10.5 Å². The number of anilines is 1. The molecular formula is C17H14ClFN4OS. The molecule has 0 unspecified atom stereocenters. The van der Waals surface area contributed by atoms with Gasteiger partial charge in [0.25, 0.3) is 0 Å². The molecule has 0 aliphatic heterocycles. The normalized spacial score (nSPS) is 10.7. The Hall–Kier alpha value is -2.38. The third-order valence-corrected chi connectivity index (χ3v) is 4.68. The first-order chi connectivity index (χ1) is 12.0. The molecule has 128 valence electrons. The van der Waals surface area contributed by atoms with Crippen molar-refractivity contribution < 1.29 is 9.18 Å². The van der Waals surface area contributed by atoms with E-state index in [1.54, 1.807) is 18.5 Å². The van der Waals surface area contributed by atoms with Crippen molar-refractivity contribution in [3.8, 4) is 5.69 Å². The van der Waals surface area contributed by atoms with Gasteiger partial charge in [-0.05, 0) is 35.9 Å². The molecule has 3 aromatic rings. The molecule has 1 amide bonds. The lowest BCUT2D eigenvalue weighted by atomic mass is 10.2. The van der Waals surface area contributed by atoms with Crippen LogP contribution in [-0.4, -0.2) is 20.7 Å². The fourth-order valence-corrected chi connectivity index (χ4v) is 3.46. The van der Waals surface area contributed by atoms with Gasteiger partial charge in [-0.25, -0.2) is 4.39 Å². The van der Waals surface area contributed by atoms with E-state index in [1.807, 2.05) is 22.8 Å². The molecule has 8 heteroatoms. The van der Waals surface area contributed by atoms with Crippen LogP contribution in [0.5, 0.6) is 0 Å². The Bertz CT molecular complexity index is 915. The largest absolute Gasteiger partial charge is 0.326 e. The summed E-state index contributed by atoms with van der Waals surface area (Å²) in [5.74, 6) is 0.0292. The second-order valence-corrected chi connectivity index (χ2v) is 6.59. The first-order valence-electron chi connectivity index (χ1n) is 7.38. The predicted molar refractivity (Wildman–Crippen MR) is 96.6 cm³/mol. The van der Waals surface area contributed by atoms with Crippen LogP contribution in [0.25, 0.3) is 5.69 Å². The average Bonchev–Trinajstić information content (AvgIpc) is 3.02. The lowest BCUT2D eigenvalue weighted by Gasteiger charge is -2.09. The van der Waals surface area contributed by atoms with E-state index in [-0.39, 0.29) is 11.7 Å². The van der Waals surface area contributed by atoms with Gasteiger partial charge in [-0.1, -0.05) is 35.5 Å². The van der Waals surface area contributed by atoms with E-state index < -0.39 is 0 Å². The lowest BCUT2D eigenvalue weighted by Crippen LogP contribution is -2.06. The highest BCUT2D eigenvalue weighted by atomic mass is 35.5. The number of hydrogen-bond acceptors (Lipinski definition) is 4. The maximum Gasteiger partial charge on any atom is 0.221 e. The number of thioether (sulfide) groups is 1. The van der Waals surface area contributed by atoms with Crippen molar-refractivity contribution in [3.63, 3.8) is 0 Å². The molecule has 2 aromatic carbocycles. The molecule has 0 atom stereocenters. The summed E-state index contributed by atoms with van der Waals surface area (Å²) < 4.78 is 14.9. The van der Waals surface area contributed by atoms with E-state index in [0.717, 1.165) is 11.3 Å². The van der Waals surface area contributed by atoms with E-state index in [4.69, 9.17) is 11.6 Å². The van der Waals surface area contributed by atoms with E-state index >= 15 is 0 Å². The summed E-state index contributed by atoms with van der Waals surface area (Å²) in [4.78, 5) is 11.2. The zero-order valence-electron chi connectivity index (χ0n) is 13.2. The summed E-state index contributed by atoms with van der Waals surface area (Å²) in [6.45, 7) is 1.46. The number of hydrogen-bond donors (Lipinski definition) is 1. The fraction of sp³-hybridized carbons (Fsp3) is 0.118. The van der Waals surface area contributed by atoms with Crippen LogP contribution < -0.4 is 5.32 Å². The third kappa shape index (κ3) is 4.37. The van der Waals surface area contributed by atoms with E-state index in [0.29, 0.717) is 21.6 Å². The molecule has 3 rings (SSSR count). The van der Waals surface area contributed by atoms with Crippen LogP contribution in [0.4, 0.5) is 10.1 Å². The van der Waals surface area contributed by atoms with Crippen molar-refractivity contribution in [1.82, 2.24) is 14.8 Å². The van der Waals surface area contributed by atoms with Crippen LogP contribution >= 0.6 is 23.4 Å². The molecule has 25 heavy (non-hydrogen) atoms. The fourth-order valence-electron chi connectivity index (χ4n) is 2.22. The molecule has 0 fully saturated rings. The van der Waals surface area contributed by atoms with Gasteiger partial charge in [0.15, 0.2) is 5.16 Å². The number of carbonyl (C=O) groups excluding carboxylic acids is 1. The molecule has 0 aliphatic rings. The first-order valence-corrected chi connectivity index (χ1v) is 8.74. The number of rotatable bonds is 5. The van der Waals surface area contributed by atoms with Crippen LogP contribution in [0, 0.1) is 5.82 Å². The van der Waals surface area contributed by atoms with Crippen molar-refractivity contribution >= 4 is 35.0 Å². The summed E-state index contributed by atoms with van der Waals surface area (Å²) >= 11 is 7.50. The quantitative estimate of drug-likeness (QED) is 0.674. The smallest absolute Gasteiger partial charge is 0.221 e. The summed E-state index contributed by atoms with van der Waals surface area (Å²) in [6.07, 6.45) is 1.60. The van der Waals surface area contributed by atoms with Crippen LogP contribution in [0.2, 0.25) is 5.02 Å². The van der Waals surface area contributed by atoms with Gasteiger partial charge in [0.2, 0.25) is 5.91 Å². The van der Waals surface area contributed by atoms with Gasteiger partial charge in [-0.2, -0.15) is 0 Å². The SMILES string of the molecule is CC(=O)Nc1cccc(-n2cnnc2SCc2ccc(F)cc2Cl)c1. The molecule has 0 aliphatic carbocycles. The predicted octanol–water partition coefficient (Wildman–Crippen LogP) is 4.31. The lowest BCUT2D eigenvalue weighted by molar-refractivity contribution is -0.114. The first kappa shape index (κ1) is 17.4. The molecule has 0 saturated heterocycles. The molecular weight excluding hydrogens is 363 g/mol. The Morgan fingerprint density at radius 2 is 2.16 bits per heavy atom. The number of carbonyl (C=O) groups is 1. The standard InChI is InChI=1S/C17H14ClFN4OS/c1-11(24)21-14-3-2-4-15(8-14)23-10-20-22-17(23)25-9-12-5-6-13(19)7-16(12)18/h2-8,10H,9H2,1H3,(H,21,24). The minimum Gasteiger partial charge on any atom is -0.326 e. The van der Waals surface area contributed by atoms with Crippen molar-refractivity contribution in [3.05, 3.63) is 65.2 Å². The molecule has 0 spiro atoms. The number of nitrogens with one attached hydrogen (secondary N) is 1. The Morgan fingerprint density at radius 3 is 2.92 bits per heavy atom. The number of benzene rings is 2. The third-order valence-electron chi connectivity index (χ3n) is 3.33. The van der Waals surface area contributed by atoms with Crippen LogP contribution in [0.1, 0.15) is 12.5 Å². The zero-order valence-corrected chi connectivity index (χ0v) is 14.8. The highest BCUT2D eigenvalue weighted by Gasteiger charge is 2.10. The summed E-state index contributed by atoms with van der Waals surface area (Å²) in [7, 11) is 0. The van der Waals surface area contributed by atoms with Gasteiger partial charge >= 0.3 is 0 Å². The molecule has 1 N–H and O–H groups in total. The van der Waals surface area contributed by atoms with Crippen molar-refractivity contribution in [1.29, 1.82) is 0 Å². The maximum atomic E-state index is 13.1. The second kappa shape index (κ2) is 7.67. The van der Waals surface area contributed by atoms with E-state index in [9.17, 15) is 9.18 Å². The van der Waals surface area contributed by atoms with Crippen LogP contribution in [0.15, 0.2) is 53.9 Å². The Morgan fingerprint density at radius 1 is 1.32 bits per heavy atom. The Balaban J connectivity index is 1.80. The minimum atomic E-state index is -0.364. The average molecular weight is 377 g/mol. The molecule has 5 nitrogen and oxygen atoms in total. The minimum absolute atomic E-state index is 0.138. The van der Waals surface area contributed by atoms with Crippen molar-refractivity contribution in [2.45, 2.75) is 17.8 Å². The molecule has 1 heterocycles. The summed E-state index contributed by atoms with van der Waals surface area (Å²) in [6, 6.07) is 11.7. The van der Waals surface area contributed by atoms with Crippen molar-refractivity contribution in [2.75, 3.05) is 5.32 Å². The molecule has 0 saturated carbocycles. The van der Waals surface area contributed by atoms with Gasteiger partial charge in [-0.15, -0.1) is 10.2 Å². The Kier molecular flexibility index (Phi) is 5.35.